The third-order valence-electron chi connectivity index (χ3n) is 9.27. The molecule has 1 atom stereocenters. The number of halogens is 5. The molecule has 4 rings (SSSR count). The highest BCUT2D eigenvalue weighted by atomic mass is 35.5. The topological polar surface area (TPSA) is 32.8 Å². The molecular formula is C32H43Cl2F3N2O2Si. The minimum absolute atomic E-state index is 0.0866. The van der Waals surface area contributed by atoms with Crippen molar-refractivity contribution < 1.29 is 22.4 Å². The van der Waals surface area contributed by atoms with Gasteiger partial charge in [0.15, 0.2) is 0 Å². The van der Waals surface area contributed by atoms with Crippen LogP contribution in [-0.4, -0.2) is 50.0 Å². The zero-order valence-electron chi connectivity index (χ0n) is 25.4. The van der Waals surface area contributed by atoms with Crippen molar-refractivity contribution >= 4 is 37.4 Å². The van der Waals surface area contributed by atoms with Crippen molar-refractivity contribution in [3.05, 3.63) is 57.6 Å². The molecule has 0 N–H and O–H groups in total. The summed E-state index contributed by atoms with van der Waals surface area (Å²) >= 11 is 13.2. The molecule has 0 saturated carbocycles. The molecule has 2 saturated heterocycles. The van der Waals surface area contributed by atoms with Crippen LogP contribution in [0.4, 0.5) is 13.2 Å². The van der Waals surface area contributed by atoms with Gasteiger partial charge in [0.25, 0.3) is 0 Å². The van der Waals surface area contributed by atoms with E-state index in [1.165, 1.54) is 12.1 Å². The molecule has 0 spiro atoms. The van der Waals surface area contributed by atoms with Gasteiger partial charge in [0.05, 0.1) is 5.56 Å². The van der Waals surface area contributed by atoms with E-state index in [-0.39, 0.29) is 17.9 Å². The number of carbonyl (C=O) groups is 1. The molecule has 2 fully saturated rings. The van der Waals surface area contributed by atoms with E-state index in [0.717, 1.165) is 38.1 Å². The first kappa shape index (κ1) is 33.3. The van der Waals surface area contributed by atoms with Gasteiger partial charge in [-0.1, -0.05) is 76.9 Å². The highest BCUT2D eigenvalue weighted by molar-refractivity contribution is 6.77. The third kappa shape index (κ3) is 6.88. The highest BCUT2D eigenvalue weighted by Gasteiger charge is 2.47. The van der Waals surface area contributed by atoms with E-state index in [1.807, 2.05) is 5.01 Å². The quantitative estimate of drug-likeness (QED) is 0.255. The number of hydrogen-bond donors (Lipinski definition) is 0. The zero-order valence-corrected chi connectivity index (χ0v) is 27.9. The number of amides is 1. The van der Waals surface area contributed by atoms with Crippen LogP contribution < -0.4 is 0 Å². The number of piperidine rings is 1. The third-order valence-corrected chi connectivity index (χ3v) is 16.1. The second-order valence-corrected chi connectivity index (χ2v) is 19.0. The molecule has 1 unspecified atom stereocenters. The molecule has 2 aromatic carbocycles. The molecule has 1 amide bonds. The Morgan fingerprint density at radius 1 is 0.857 bits per heavy atom. The standard InChI is InChI=1S/C32H43Cl2F3N2O2Si/c1-20(2)42(21(3)4,22(5)6)41-27-12-14-38(15-13-27)39-16-11-24(31(39)40)17-28-29(33)18-25(19-30(28)34)23-7-9-26(10-8-23)32(35,36)37/h7-10,18-22,24,27H,11-17H2,1-6H3. The molecule has 2 aliphatic heterocycles. The lowest BCUT2D eigenvalue weighted by Crippen LogP contribution is -2.54. The van der Waals surface area contributed by atoms with Crippen molar-refractivity contribution in [3.8, 4) is 11.1 Å². The Bertz CT molecular complexity index is 1200. The van der Waals surface area contributed by atoms with Crippen molar-refractivity contribution in [1.82, 2.24) is 10.0 Å². The van der Waals surface area contributed by atoms with Crippen molar-refractivity contribution in [3.63, 3.8) is 0 Å². The average molecular weight is 644 g/mol. The maximum atomic E-state index is 13.5. The largest absolute Gasteiger partial charge is 0.416 e. The first-order valence-corrected chi connectivity index (χ1v) is 17.9. The second kappa shape index (κ2) is 13.2. The van der Waals surface area contributed by atoms with Crippen molar-refractivity contribution in [2.45, 2.75) is 96.1 Å². The van der Waals surface area contributed by atoms with Gasteiger partial charge in [-0.2, -0.15) is 13.2 Å². The van der Waals surface area contributed by atoms with E-state index < -0.39 is 20.1 Å². The lowest BCUT2D eigenvalue weighted by atomic mass is 9.95. The summed E-state index contributed by atoms with van der Waals surface area (Å²) in [6.07, 6.45) is -1.20. The van der Waals surface area contributed by atoms with E-state index in [1.54, 1.807) is 12.1 Å². The molecule has 42 heavy (non-hydrogen) atoms. The monoisotopic (exact) mass is 642 g/mol. The van der Waals surface area contributed by atoms with Gasteiger partial charge in [0, 0.05) is 41.7 Å². The maximum absolute atomic E-state index is 13.5. The van der Waals surface area contributed by atoms with Gasteiger partial charge in [-0.25, -0.2) is 5.01 Å². The molecule has 0 aromatic heterocycles. The van der Waals surface area contributed by atoms with Crippen molar-refractivity contribution in [2.75, 3.05) is 19.6 Å². The van der Waals surface area contributed by atoms with Crippen molar-refractivity contribution in [1.29, 1.82) is 0 Å². The van der Waals surface area contributed by atoms with Crippen LogP contribution in [0.5, 0.6) is 0 Å². The van der Waals surface area contributed by atoms with Crippen LogP contribution in [0, 0.1) is 5.92 Å². The Balaban J connectivity index is 1.38. The summed E-state index contributed by atoms with van der Waals surface area (Å²) in [5.41, 5.74) is 2.82. The lowest BCUT2D eigenvalue weighted by Gasteiger charge is -2.47. The molecule has 0 radical (unpaired) electrons. The van der Waals surface area contributed by atoms with E-state index in [0.29, 0.717) is 62.7 Å². The summed E-state index contributed by atoms with van der Waals surface area (Å²) in [5.74, 6) is -0.141. The van der Waals surface area contributed by atoms with Gasteiger partial charge >= 0.3 is 6.18 Å². The van der Waals surface area contributed by atoms with E-state index in [4.69, 9.17) is 27.6 Å². The maximum Gasteiger partial charge on any atom is 0.416 e. The number of benzene rings is 2. The van der Waals surface area contributed by atoms with Crippen LogP contribution in [0.1, 0.15) is 71.9 Å². The van der Waals surface area contributed by atoms with E-state index in [2.05, 4.69) is 46.6 Å². The van der Waals surface area contributed by atoms with Gasteiger partial charge in [-0.05, 0) is 83.3 Å². The number of hydrogen-bond acceptors (Lipinski definition) is 3. The number of alkyl halides is 3. The molecule has 2 heterocycles. The number of nitrogens with zero attached hydrogens (tertiary/aromatic N) is 2. The summed E-state index contributed by atoms with van der Waals surface area (Å²) in [5, 5.41) is 4.91. The van der Waals surface area contributed by atoms with Crippen LogP contribution >= 0.6 is 23.2 Å². The number of rotatable bonds is 9. The van der Waals surface area contributed by atoms with Gasteiger partial charge in [-0.3, -0.25) is 9.80 Å². The summed E-state index contributed by atoms with van der Waals surface area (Å²) in [4.78, 5) is 13.5. The van der Waals surface area contributed by atoms with Crippen LogP contribution in [0.3, 0.4) is 0 Å². The highest BCUT2D eigenvalue weighted by Crippen LogP contribution is 2.44. The molecule has 10 heteroatoms. The van der Waals surface area contributed by atoms with Gasteiger partial charge < -0.3 is 4.43 Å². The van der Waals surface area contributed by atoms with Crippen LogP contribution in [0.2, 0.25) is 26.7 Å². The molecule has 0 bridgehead atoms. The minimum atomic E-state index is -4.40. The van der Waals surface area contributed by atoms with Crippen LogP contribution in [0.15, 0.2) is 36.4 Å². The van der Waals surface area contributed by atoms with Gasteiger partial charge in [0.1, 0.15) is 0 Å². The molecular weight excluding hydrogens is 600 g/mol. The Labute approximate surface area is 259 Å². The Hall–Kier alpha value is -1.58. The minimum Gasteiger partial charge on any atom is -0.413 e. The Kier molecular flexibility index (Phi) is 10.5. The summed E-state index contributed by atoms with van der Waals surface area (Å²) in [6.45, 7) is 16.1. The lowest BCUT2D eigenvalue weighted by molar-refractivity contribution is -0.149. The zero-order chi connectivity index (χ0) is 31.0. The number of hydrazine groups is 1. The first-order valence-electron chi connectivity index (χ1n) is 15.0. The second-order valence-electron chi connectivity index (χ2n) is 12.7. The normalized spacial score (nSPS) is 19.6. The Morgan fingerprint density at radius 3 is 1.86 bits per heavy atom. The number of carbonyl (C=O) groups excluding carboxylic acids is 1. The van der Waals surface area contributed by atoms with Gasteiger partial charge in [-0.15, -0.1) is 0 Å². The molecule has 0 aliphatic carbocycles. The fraction of sp³-hybridized carbons (Fsp3) is 0.594. The first-order chi connectivity index (χ1) is 19.6. The molecule has 4 nitrogen and oxygen atoms in total. The van der Waals surface area contributed by atoms with E-state index >= 15 is 0 Å². The predicted octanol–water partition coefficient (Wildman–Crippen LogP) is 9.64. The van der Waals surface area contributed by atoms with Crippen LogP contribution in [-0.2, 0) is 21.8 Å². The SMILES string of the molecule is CC(C)[Si](OC1CCN(N2CCC(Cc3c(Cl)cc(-c4ccc(C(F)(F)F)cc4)cc3Cl)C2=O)CC1)(C(C)C)C(C)C. The molecule has 2 aromatic rings. The van der Waals surface area contributed by atoms with Gasteiger partial charge in [0.2, 0.25) is 14.2 Å². The molecule has 232 valence electrons. The average Bonchev–Trinajstić information content (AvgIpc) is 3.28. The fourth-order valence-corrected chi connectivity index (χ4v) is 13.4. The fourth-order valence-electron chi connectivity index (χ4n) is 7.15. The Morgan fingerprint density at radius 2 is 1.38 bits per heavy atom. The predicted molar refractivity (Wildman–Crippen MR) is 167 cm³/mol. The summed E-state index contributed by atoms with van der Waals surface area (Å²) in [6, 6.07) is 8.33. The van der Waals surface area contributed by atoms with Crippen LogP contribution in [0.25, 0.3) is 11.1 Å². The summed E-state index contributed by atoms with van der Waals surface area (Å²) in [7, 11) is -1.95. The van der Waals surface area contributed by atoms with Crippen molar-refractivity contribution in [2.24, 2.45) is 5.92 Å². The van der Waals surface area contributed by atoms with E-state index in [9.17, 15) is 18.0 Å². The molecule has 2 aliphatic rings. The smallest absolute Gasteiger partial charge is 0.413 e. The summed E-state index contributed by atoms with van der Waals surface area (Å²) < 4.78 is 45.9.